The SMILES string of the molecule is CC(C)(C)OC(=O)N1CCCc2c1ccnc2C1CC1. The molecule has 0 atom stereocenters. The largest absolute Gasteiger partial charge is 0.443 e. The number of aromatic nitrogens is 1. The fraction of sp³-hybridized carbons (Fsp3) is 0.625. The van der Waals surface area contributed by atoms with Crippen molar-refractivity contribution in [3.63, 3.8) is 0 Å². The summed E-state index contributed by atoms with van der Waals surface area (Å²) in [7, 11) is 0. The maximum Gasteiger partial charge on any atom is 0.414 e. The second-order valence-electron chi connectivity index (χ2n) is 6.70. The highest BCUT2D eigenvalue weighted by Crippen LogP contribution is 2.43. The van der Waals surface area contributed by atoms with Crippen LogP contribution in [-0.2, 0) is 11.2 Å². The summed E-state index contributed by atoms with van der Waals surface area (Å²) in [6, 6.07) is 1.95. The van der Waals surface area contributed by atoms with Gasteiger partial charge in [0.2, 0.25) is 0 Å². The van der Waals surface area contributed by atoms with Gasteiger partial charge in [0.15, 0.2) is 0 Å². The molecule has 1 fully saturated rings. The van der Waals surface area contributed by atoms with Crippen LogP contribution in [0.1, 0.15) is 57.2 Å². The van der Waals surface area contributed by atoms with Crippen LogP contribution in [0.4, 0.5) is 10.5 Å². The Bertz CT molecular complexity index is 530. The van der Waals surface area contributed by atoms with E-state index in [1.807, 2.05) is 33.0 Å². The van der Waals surface area contributed by atoms with E-state index in [2.05, 4.69) is 4.98 Å². The van der Waals surface area contributed by atoms with Crippen molar-refractivity contribution in [1.82, 2.24) is 4.98 Å². The molecule has 20 heavy (non-hydrogen) atoms. The van der Waals surface area contributed by atoms with Gasteiger partial charge in [-0.2, -0.15) is 0 Å². The Kier molecular flexibility index (Phi) is 3.19. The molecule has 2 heterocycles. The van der Waals surface area contributed by atoms with E-state index in [0.29, 0.717) is 5.92 Å². The molecule has 0 aromatic carbocycles. The van der Waals surface area contributed by atoms with Crippen molar-refractivity contribution in [2.24, 2.45) is 0 Å². The summed E-state index contributed by atoms with van der Waals surface area (Å²) in [5, 5.41) is 0. The van der Waals surface area contributed by atoms with Gasteiger partial charge < -0.3 is 4.74 Å². The molecule has 1 aliphatic heterocycles. The monoisotopic (exact) mass is 274 g/mol. The molecule has 2 aliphatic rings. The van der Waals surface area contributed by atoms with E-state index in [1.54, 1.807) is 4.90 Å². The number of rotatable bonds is 1. The van der Waals surface area contributed by atoms with E-state index in [-0.39, 0.29) is 6.09 Å². The average Bonchev–Trinajstić information content (AvgIpc) is 3.19. The number of carbonyl (C=O) groups is 1. The number of anilines is 1. The van der Waals surface area contributed by atoms with Crippen LogP contribution in [0.5, 0.6) is 0 Å². The third-order valence-electron chi connectivity index (χ3n) is 3.74. The van der Waals surface area contributed by atoms with Gasteiger partial charge >= 0.3 is 6.09 Å². The molecule has 0 bridgehead atoms. The van der Waals surface area contributed by atoms with Gasteiger partial charge in [-0.25, -0.2) is 4.79 Å². The van der Waals surface area contributed by atoms with Crippen LogP contribution >= 0.6 is 0 Å². The van der Waals surface area contributed by atoms with Crippen molar-refractivity contribution in [3.8, 4) is 0 Å². The number of pyridine rings is 1. The van der Waals surface area contributed by atoms with Crippen LogP contribution in [0.25, 0.3) is 0 Å². The van der Waals surface area contributed by atoms with Crippen LogP contribution in [0.15, 0.2) is 12.3 Å². The number of fused-ring (bicyclic) bond motifs is 1. The Morgan fingerprint density at radius 1 is 1.40 bits per heavy atom. The molecule has 0 N–H and O–H groups in total. The highest BCUT2D eigenvalue weighted by Gasteiger charge is 2.33. The van der Waals surface area contributed by atoms with Crippen molar-refractivity contribution < 1.29 is 9.53 Å². The predicted molar refractivity (Wildman–Crippen MR) is 78.1 cm³/mol. The normalized spacial score (nSPS) is 18.6. The van der Waals surface area contributed by atoms with E-state index in [1.165, 1.54) is 24.1 Å². The van der Waals surface area contributed by atoms with E-state index in [0.717, 1.165) is 25.1 Å². The lowest BCUT2D eigenvalue weighted by Crippen LogP contribution is -2.40. The Morgan fingerprint density at radius 2 is 2.15 bits per heavy atom. The Labute approximate surface area is 120 Å². The first kappa shape index (κ1) is 13.4. The summed E-state index contributed by atoms with van der Waals surface area (Å²) in [5.41, 5.74) is 3.01. The Morgan fingerprint density at radius 3 is 2.80 bits per heavy atom. The maximum atomic E-state index is 12.4. The first-order valence-electron chi connectivity index (χ1n) is 7.44. The first-order chi connectivity index (χ1) is 9.46. The molecule has 0 saturated heterocycles. The molecule has 3 rings (SSSR count). The van der Waals surface area contributed by atoms with Gasteiger partial charge in [0.1, 0.15) is 5.60 Å². The topological polar surface area (TPSA) is 42.4 Å². The minimum absolute atomic E-state index is 0.244. The van der Waals surface area contributed by atoms with Crippen LogP contribution < -0.4 is 4.90 Å². The summed E-state index contributed by atoms with van der Waals surface area (Å²) in [6.07, 6.45) is 6.05. The fourth-order valence-electron chi connectivity index (χ4n) is 2.76. The molecule has 4 nitrogen and oxygen atoms in total. The maximum absolute atomic E-state index is 12.4. The fourth-order valence-corrected chi connectivity index (χ4v) is 2.76. The molecule has 1 aliphatic carbocycles. The van der Waals surface area contributed by atoms with Gasteiger partial charge in [-0.15, -0.1) is 0 Å². The molecule has 1 amide bonds. The van der Waals surface area contributed by atoms with Gasteiger partial charge in [0.25, 0.3) is 0 Å². The Balaban J connectivity index is 1.90. The number of amides is 1. The van der Waals surface area contributed by atoms with Gasteiger partial charge in [0, 0.05) is 24.4 Å². The van der Waals surface area contributed by atoms with Gasteiger partial charge in [-0.3, -0.25) is 9.88 Å². The second-order valence-corrected chi connectivity index (χ2v) is 6.70. The molecular formula is C16H22N2O2. The van der Waals surface area contributed by atoms with E-state index in [9.17, 15) is 4.79 Å². The summed E-state index contributed by atoms with van der Waals surface area (Å²) in [6.45, 7) is 6.43. The lowest BCUT2D eigenvalue weighted by atomic mass is 9.98. The third-order valence-corrected chi connectivity index (χ3v) is 3.74. The molecular weight excluding hydrogens is 252 g/mol. The average molecular weight is 274 g/mol. The first-order valence-corrected chi connectivity index (χ1v) is 7.44. The van der Waals surface area contributed by atoms with Crippen molar-refractivity contribution in [2.45, 2.75) is 58.0 Å². The van der Waals surface area contributed by atoms with Gasteiger partial charge in [-0.1, -0.05) is 0 Å². The smallest absolute Gasteiger partial charge is 0.414 e. The van der Waals surface area contributed by atoms with E-state index in [4.69, 9.17) is 4.74 Å². The third kappa shape index (κ3) is 2.65. The zero-order valence-corrected chi connectivity index (χ0v) is 12.5. The zero-order chi connectivity index (χ0) is 14.3. The summed E-state index contributed by atoms with van der Waals surface area (Å²) < 4.78 is 5.52. The van der Waals surface area contributed by atoms with Crippen molar-refractivity contribution >= 4 is 11.8 Å². The standard InChI is InChI=1S/C16H22N2O2/c1-16(2,3)20-15(19)18-10-4-5-12-13(18)8-9-17-14(12)11-6-7-11/h8-9,11H,4-7,10H2,1-3H3. The van der Waals surface area contributed by atoms with Crippen molar-refractivity contribution in [2.75, 3.05) is 11.4 Å². The van der Waals surface area contributed by atoms with Crippen LogP contribution in [0.2, 0.25) is 0 Å². The van der Waals surface area contributed by atoms with Gasteiger partial charge in [0.05, 0.1) is 5.69 Å². The minimum atomic E-state index is -0.457. The zero-order valence-electron chi connectivity index (χ0n) is 12.5. The number of hydrogen-bond donors (Lipinski definition) is 0. The molecule has 4 heteroatoms. The lowest BCUT2D eigenvalue weighted by molar-refractivity contribution is 0.0578. The van der Waals surface area contributed by atoms with Crippen molar-refractivity contribution in [3.05, 3.63) is 23.5 Å². The van der Waals surface area contributed by atoms with Crippen LogP contribution in [-0.4, -0.2) is 23.2 Å². The van der Waals surface area contributed by atoms with Crippen LogP contribution in [0.3, 0.4) is 0 Å². The minimum Gasteiger partial charge on any atom is -0.443 e. The lowest BCUT2D eigenvalue weighted by Gasteiger charge is -2.32. The van der Waals surface area contributed by atoms with Crippen LogP contribution in [0, 0.1) is 0 Å². The molecule has 0 radical (unpaired) electrons. The highest BCUT2D eigenvalue weighted by molar-refractivity contribution is 5.89. The Hall–Kier alpha value is -1.58. The second kappa shape index (κ2) is 4.76. The molecule has 0 spiro atoms. The molecule has 108 valence electrons. The van der Waals surface area contributed by atoms with Crippen molar-refractivity contribution in [1.29, 1.82) is 0 Å². The quantitative estimate of drug-likeness (QED) is 0.785. The highest BCUT2D eigenvalue weighted by atomic mass is 16.6. The number of hydrogen-bond acceptors (Lipinski definition) is 3. The summed E-state index contributed by atoms with van der Waals surface area (Å²) >= 11 is 0. The number of nitrogens with zero attached hydrogens (tertiary/aromatic N) is 2. The summed E-state index contributed by atoms with van der Waals surface area (Å²) in [4.78, 5) is 18.7. The number of carbonyl (C=O) groups excluding carboxylic acids is 1. The number of ether oxygens (including phenoxy) is 1. The molecule has 1 aromatic heterocycles. The van der Waals surface area contributed by atoms with E-state index < -0.39 is 5.60 Å². The molecule has 0 unspecified atom stereocenters. The predicted octanol–water partition coefficient (Wildman–Crippen LogP) is 3.65. The molecule has 1 aromatic rings. The summed E-state index contributed by atoms with van der Waals surface area (Å²) in [5.74, 6) is 0.614. The molecule has 1 saturated carbocycles. The van der Waals surface area contributed by atoms with E-state index >= 15 is 0 Å². The van der Waals surface area contributed by atoms with Gasteiger partial charge in [-0.05, 0) is 58.1 Å².